The number of unbranched alkanes of at least 4 members (excludes halogenated alkanes) is 6. The Morgan fingerprint density at radius 3 is 2.11 bits per heavy atom. The van der Waals surface area contributed by atoms with Crippen molar-refractivity contribution in [3.05, 3.63) is 34.3 Å². The molecule has 0 aliphatic heterocycles. The molecule has 0 aliphatic carbocycles. The van der Waals surface area contributed by atoms with E-state index in [1.807, 2.05) is 0 Å². The first-order valence-corrected chi connectivity index (χ1v) is 8.92. The van der Waals surface area contributed by atoms with Crippen LogP contribution < -0.4 is 0 Å². The predicted molar refractivity (Wildman–Crippen MR) is 90.2 cm³/mol. The third kappa shape index (κ3) is 7.37. The standard InChI is InChI=1S/C17H26BrCl/c1-2-3-4-5-6-7-8-9-16(14-19)15-10-12-17(18)13-11-15/h10-13,16H,2-9,14H2,1H3. The third-order valence-electron chi connectivity index (χ3n) is 3.68. The van der Waals surface area contributed by atoms with Crippen molar-refractivity contribution in [2.45, 2.75) is 64.2 Å². The van der Waals surface area contributed by atoms with Crippen LogP contribution in [0.25, 0.3) is 0 Å². The minimum atomic E-state index is 0.519. The van der Waals surface area contributed by atoms with Gasteiger partial charge in [0.1, 0.15) is 0 Å². The molecule has 0 amide bonds. The highest BCUT2D eigenvalue weighted by Crippen LogP contribution is 2.25. The molecule has 0 nitrogen and oxygen atoms in total. The van der Waals surface area contributed by atoms with Gasteiger partial charge in [0.25, 0.3) is 0 Å². The maximum Gasteiger partial charge on any atom is 0.0292 e. The predicted octanol–water partition coefficient (Wildman–Crippen LogP) is 6.91. The molecule has 1 atom stereocenters. The summed E-state index contributed by atoms with van der Waals surface area (Å²) in [5, 5.41) is 0. The van der Waals surface area contributed by atoms with Crippen molar-refractivity contribution in [2.24, 2.45) is 0 Å². The molecule has 2 heteroatoms. The molecular formula is C17H26BrCl. The Kier molecular flexibility index (Phi) is 9.63. The van der Waals surface area contributed by atoms with Gasteiger partial charge in [0.05, 0.1) is 0 Å². The van der Waals surface area contributed by atoms with Gasteiger partial charge in [-0.05, 0) is 30.0 Å². The van der Waals surface area contributed by atoms with Crippen LogP contribution in [0.5, 0.6) is 0 Å². The van der Waals surface area contributed by atoms with E-state index in [4.69, 9.17) is 11.6 Å². The van der Waals surface area contributed by atoms with Crippen LogP contribution >= 0.6 is 27.5 Å². The van der Waals surface area contributed by atoms with Crippen molar-refractivity contribution in [3.63, 3.8) is 0 Å². The molecular weight excluding hydrogens is 320 g/mol. The molecule has 0 saturated carbocycles. The Morgan fingerprint density at radius 2 is 1.53 bits per heavy atom. The molecule has 1 aromatic carbocycles. The average Bonchev–Trinajstić information content (AvgIpc) is 2.43. The van der Waals surface area contributed by atoms with E-state index in [0.29, 0.717) is 5.92 Å². The summed E-state index contributed by atoms with van der Waals surface area (Å²) < 4.78 is 1.14. The Balaban J connectivity index is 2.20. The van der Waals surface area contributed by atoms with Crippen LogP contribution in [0, 0.1) is 0 Å². The van der Waals surface area contributed by atoms with E-state index >= 15 is 0 Å². The minimum Gasteiger partial charge on any atom is -0.126 e. The van der Waals surface area contributed by atoms with Crippen molar-refractivity contribution >= 4 is 27.5 Å². The van der Waals surface area contributed by atoms with Gasteiger partial charge < -0.3 is 0 Å². The van der Waals surface area contributed by atoms with Crippen LogP contribution in [0.15, 0.2) is 28.7 Å². The van der Waals surface area contributed by atoms with Gasteiger partial charge >= 0.3 is 0 Å². The van der Waals surface area contributed by atoms with Gasteiger partial charge in [-0.25, -0.2) is 0 Å². The van der Waals surface area contributed by atoms with Crippen LogP contribution in [0.3, 0.4) is 0 Å². The normalized spacial score (nSPS) is 12.6. The van der Waals surface area contributed by atoms with E-state index in [1.165, 1.54) is 56.9 Å². The lowest BCUT2D eigenvalue weighted by Crippen LogP contribution is -2.00. The summed E-state index contributed by atoms with van der Waals surface area (Å²) in [7, 11) is 0. The highest BCUT2D eigenvalue weighted by atomic mass is 79.9. The van der Waals surface area contributed by atoms with Gasteiger partial charge in [0, 0.05) is 10.4 Å². The van der Waals surface area contributed by atoms with Gasteiger partial charge in [-0.1, -0.05) is 79.9 Å². The van der Waals surface area contributed by atoms with Crippen LogP contribution in [0.1, 0.15) is 69.8 Å². The molecule has 1 unspecified atom stereocenters. The molecule has 108 valence electrons. The molecule has 0 bridgehead atoms. The molecule has 0 fully saturated rings. The number of alkyl halides is 1. The lowest BCUT2D eigenvalue weighted by atomic mass is 9.94. The number of rotatable bonds is 10. The maximum absolute atomic E-state index is 6.11. The van der Waals surface area contributed by atoms with Crippen LogP contribution in [0.2, 0.25) is 0 Å². The Bertz CT molecular complexity index is 321. The largest absolute Gasteiger partial charge is 0.126 e. The summed E-state index contributed by atoms with van der Waals surface area (Å²) in [6.07, 6.45) is 10.8. The first kappa shape index (κ1) is 17.0. The highest BCUT2D eigenvalue weighted by molar-refractivity contribution is 9.10. The molecule has 0 radical (unpaired) electrons. The van der Waals surface area contributed by atoms with E-state index in [2.05, 4.69) is 47.1 Å². The molecule has 0 aromatic heterocycles. The third-order valence-corrected chi connectivity index (χ3v) is 4.58. The van der Waals surface area contributed by atoms with Crippen molar-refractivity contribution in [1.29, 1.82) is 0 Å². The lowest BCUT2D eigenvalue weighted by molar-refractivity contribution is 0.551. The van der Waals surface area contributed by atoms with E-state index in [9.17, 15) is 0 Å². The zero-order valence-corrected chi connectivity index (χ0v) is 14.3. The fourth-order valence-corrected chi connectivity index (χ4v) is 3.01. The fraction of sp³-hybridized carbons (Fsp3) is 0.647. The smallest absolute Gasteiger partial charge is 0.0292 e. The maximum atomic E-state index is 6.11. The summed E-state index contributed by atoms with van der Waals surface area (Å²) in [5.74, 6) is 1.25. The Labute approximate surface area is 132 Å². The van der Waals surface area contributed by atoms with Gasteiger partial charge in [-0.3, -0.25) is 0 Å². The van der Waals surface area contributed by atoms with Crippen molar-refractivity contribution in [3.8, 4) is 0 Å². The number of halogens is 2. The van der Waals surface area contributed by atoms with Gasteiger partial charge in [-0.15, -0.1) is 11.6 Å². The molecule has 0 N–H and O–H groups in total. The zero-order valence-electron chi connectivity index (χ0n) is 12.0. The average molecular weight is 346 g/mol. The molecule has 0 spiro atoms. The topological polar surface area (TPSA) is 0 Å². The van der Waals surface area contributed by atoms with E-state index < -0.39 is 0 Å². The van der Waals surface area contributed by atoms with Crippen molar-refractivity contribution < 1.29 is 0 Å². The monoisotopic (exact) mass is 344 g/mol. The Morgan fingerprint density at radius 1 is 0.947 bits per heavy atom. The first-order chi connectivity index (χ1) is 9.27. The van der Waals surface area contributed by atoms with Crippen LogP contribution in [-0.2, 0) is 0 Å². The number of hydrogen-bond acceptors (Lipinski definition) is 0. The zero-order chi connectivity index (χ0) is 13.9. The van der Waals surface area contributed by atoms with E-state index in [0.717, 1.165) is 10.4 Å². The Hall–Kier alpha value is -0.0100. The SMILES string of the molecule is CCCCCCCCCC(CCl)c1ccc(Br)cc1. The van der Waals surface area contributed by atoms with Crippen LogP contribution in [0.4, 0.5) is 0 Å². The molecule has 1 aromatic rings. The molecule has 0 heterocycles. The summed E-state index contributed by atoms with van der Waals surface area (Å²) in [6, 6.07) is 8.61. The van der Waals surface area contributed by atoms with Crippen molar-refractivity contribution in [2.75, 3.05) is 5.88 Å². The summed E-state index contributed by atoms with van der Waals surface area (Å²) in [6.45, 7) is 2.27. The summed E-state index contributed by atoms with van der Waals surface area (Å²) >= 11 is 9.59. The van der Waals surface area contributed by atoms with Gasteiger partial charge in [0.2, 0.25) is 0 Å². The summed E-state index contributed by atoms with van der Waals surface area (Å²) in [4.78, 5) is 0. The second-order valence-corrected chi connectivity index (χ2v) is 6.54. The second kappa shape index (κ2) is 10.7. The fourth-order valence-electron chi connectivity index (χ4n) is 2.42. The van der Waals surface area contributed by atoms with Gasteiger partial charge in [0.15, 0.2) is 0 Å². The van der Waals surface area contributed by atoms with E-state index in [-0.39, 0.29) is 0 Å². The van der Waals surface area contributed by atoms with Crippen molar-refractivity contribution in [1.82, 2.24) is 0 Å². The first-order valence-electron chi connectivity index (χ1n) is 7.59. The molecule has 0 aliphatic rings. The minimum absolute atomic E-state index is 0.519. The molecule has 19 heavy (non-hydrogen) atoms. The van der Waals surface area contributed by atoms with Crippen LogP contribution in [-0.4, -0.2) is 5.88 Å². The van der Waals surface area contributed by atoms with E-state index in [1.54, 1.807) is 0 Å². The summed E-state index contributed by atoms with van der Waals surface area (Å²) in [5.41, 5.74) is 1.38. The molecule has 1 rings (SSSR count). The second-order valence-electron chi connectivity index (χ2n) is 5.31. The quantitative estimate of drug-likeness (QED) is 0.319. The lowest BCUT2D eigenvalue weighted by Gasteiger charge is -2.14. The highest BCUT2D eigenvalue weighted by Gasteiger charge is 2.09. The molecule has 0 saturated heterocycles. The van der Waals surface area contributed by atoms with Gasteiger partial charge in [-0.2, -0.15) is 0 Å². The number of benzene rings is 1. The number of hydrogen-bond donors (Lipinski definition) is 0.